The Hall–Kier alpha value is -1.23. The Kier molecular flexibility index (Phi) is 14.1. The van der Waals surface area contributed by atoms with E-state index in [0.717, 1.165) is 38.5 Å². The predicted octanol–water partition coefficient (Wildman–Crippen LogP) is 7.91. The van der Waals surface area contributed by atoms with E-state index in [1.807, 2.05) is 13.8 Å². The largest absolute Gasteiger partial charge is 0.479 e. The first-order chi connectivity index (χ1) is 13.3. The minimum Gasteiger partial charge on any atom is -0.479 e. The molecule has 0 rings (SSSR count). The number of allylic oxidation sites excluding steroid dienone is 2. The summed E-state index contributed by atoms with van der Waals surface area (Å²) >= 11 is 0. The molecule has 0 amide bonds. The van der Waals surface area contributed by atoms with Crippen LogP contribution in [0.3, 0.4) is 0 Å². The normalized spacial score (nSPS) is 13.8. The van der Waals surface area contributed by atoms with Crippen LogP contribution in [0.1, 0.15) is 84.5 Å². The third-order valence-corrected chi connectivity index (χ3v) is 4.75. The van der Waals surface area contributed by atoms with Gasteiger partial charge in [-0.1, -0.05) is 45.9 Å². The van der Waals surface area contributed by atoms with E-state index in [9.17, 15) is 4.39 Å². The zero-order valence-corrected chi connectivity index (χ0v) is 17.8. The minimum absolute atomic E-state index is 0.0666. The highest BCUT2D eigenvalue weighted by atomic mass is 19.3. The molecule has 0 saturated carbocycles. The van der Waals surface area contributed by atoms with Crippen molar-refractivity contribution in [1.82, 2.24) is 0 Å². The van der Waals surface area contributed by atoms with Crippen LogP contribution >= 0.6 is 0 Å². The number of halogens is 3. The summed E-state index contributed by atoms with van der Waals surface area (Å²) in [6.07, 6.45) is 4.34. The molecule has 0 radical (unpaired) electrons. The lowest BCUT2D eigenvalue weighted by Gasteiger charge is -2.42. The molecular formula is C23H39F3O2. The van der Waals surface area contributed by atoms with Crippen LogP contribution in [0.4, 0.5) is 13.2 Å². The number of unbranched alkanes of at least 4 members (excludes halogenated alkanes) is 4. The highest BCUT2D eigenvalue weighted by molar-refractivity contribution is 5.19. The van der Waals surface area contributed by atoms with Crippen LogP contribution in [-0.4, -0.2) is 25.0 Å². The fourth-order valence-corrected chi connectivity index (χ4v) is 3.01. The average Bonchev–Trinajstić information content (AvgIpc) is 2.66. The van der Waals surface area contributed by atoms with Gasteiger partial charge in [0.1, 0.15) is 0 Å². The molecule has 164 valence electrons. The van der Waals surface area contributed by atoms with Crippen LogP contribution in [-0.2, 0) is 9.47 Å². The Balaban J connectivity index is 5.74. The molecule has 0 saturated heterocycles. The number of alkyl halides is 3. The summed E-state index contributed by atoms with van der Waals surface area (Å²) in [5.74, 6) is 0.317. The van der Waals surface area contributed by atoms with Crippen molar-refractivity contribution < 1.29 is 22.6 Å². The molecule has 0 aliphatic rings. The van der Waals surface area contributed by atoms with Crippen LogP contribution in [0.2, 0.25) is 0 Å². The molecule has 0 aromatic carbocycles. The molecule has 5 heteroatoms. The van der Waals surface area contributed by atoms with E-state index >= 15 is 8.78 Å². The first-order valence-corrected chi connectivity index (χ1v) is 10.5. The van der Waals surface area contributed by atoms with Gasteiger partial charge in [-0.15, -0.1) is 6.58 Å². The summed E-state index contributed by atoms with van der Waals surface area (Å²) in [5.41, 5.74) is -1.67. The molecule has 0 fully saturated rings. The molecule has 0 aliphatic carbocycles. The maximum atomic E-state index is 15.3. The third kappa shape index (κ3) is 8.85. The van der Waals surface area contributed by atoms with Gasteiger partial charge in [-0.25, -0.2) is 0 Å². The summed E-state index contributed by atoms with van der Waals surface area (Å²) in [6.45, 7) is 14.5. The van der Waals surface area contributed by atoms with Gasteiger partial charge in [0.2, 0.25) is 5.60 Å². The molecule has 0 N–H and O–H groups in total. The molecule has 1 atom stereocenters. The zero-order valence-electron chi connectivity index (χ0n) is 17.8. The first kappa shape index (κ1) is 26.8. The average molecular weight is 405 g/mol. The van der Waals surface area contributed by atoms with Crippen molar-refractivity contribution in [2.45, 2.75) is 96.2 Å². The number of hydrogen-bond acceptors (Lipinski definition) is 2. The summed E-state index contributed by atoms with van der Waals surface area (Å²) < 4.78 is 53.9. The van der Waals surface area contributed by atoms with E-state index in [0.29, 0.717) is 30.6 Å². The Bertz CT molecular complexity index is 463. The van der Waals surface area contributed by atoms with Crippen LogP contribution < -0.4 is 0 Å². The Morgan fingerprint density at radius 3 is 2.18 bits per heavy atom. The van der Waals surface area contributed by atoms with E-state index < -0.39 is 18.4 Å². The maximum Gasteiger partial charge on any atom is 0.399 e. The van der Waals surface area contributed by atoms with Crippen molar-refractivity contribution in [3.63, 3.8) is 0 Å². The third-order valence-electron chi connectivity index (χ3n) is 4.75. The van der Waals surface area contributed by atoms with Crippen molar-refractivity contribution in [3.8, 4) is 0 Å². The lowest BCUT2D eigenvalue weighted by Crippen LogP contribution is -2.53. The van der Waals surface area contributed by atoms with Gasteiger partial charge in [-0.2, -0.15) is 8.78 Å². The minimum atomic E-state index is -3.61. The van der Waals surface area contributed by atoms with Crippen molar-refractivity contribution in [2.75, 3.05) is 13.3 Å². The molecule has 28 heavy (non-hydrogen) atoms. The second-order valence-corrected chi connectivity index (χ2v) is 7.22. The fourth-order valence-electron chi connectivity index (χ4n) is 3.01. The molecule has 0 spiro atoms. The SMILES string of the molecule is C=CCCCCC(OC(=C)CCCC)(C(=C)CCCC)C(F)(F)OCCCF. The second kappa shape index (κ2) is 14.7. The van der Waals surface area contributed by atoms with Crippen molar-refractivity contribution in [2.24, 2.45) is 0 Å². The Morgan fingerprint density at radius 2 is 1.61 bits per heavy atom. The molecule has 2 nitrogen and oxygen atoms in total. The van der Waals surface area contributed by atoms with Gasteiger partial charge in [-0.05, 0) is 56.9 Å². The fraction of sp³-hybridized carbons (Fsp3) is 0.739. The van der Waals surface area contributed by atoms with Crippen molar-refractivity contribution >= 4 is 0 Å². The highest BCUT2D eigenvalue weighted by Crippen LogP contribution is 2.46. The van der Waals surface area contributed by atoms with E-state index in [2.05, 4.69) is 19.7 Å². The van der Waals surface area contributed by atoms with Gasteiger partial charge in [0.05, 0.1) is 19.0 Å². The maximum absolute atomic E-state index is 15.3. The molecular weight excluding hydrogens is 365 g/mol. The van der Waals surface area contributed by atoms with Crippen molar-refractivity contribution in [3.05, 3.63) is 37.1 Å². The number of ether oxygens (including phenoxy) is 2. The van der Waals surface area contributed by atoms with Crippen molar-refractivity contribution in [1.29, 1.82) is 0 Å². The summed E-state index contributed by atoms with van der Waals surface area (Å²) in [6, 6.07) is 0. The molecule has 0 heterocycles. The second-order valence-electron chi connectivity index (χ2n) is 7.22. The van der Waals surface area contributed by atoms with Crippen LogP contribution in [0.15, 0.2) is 37.1 Å². The van der Waals surface area contributed by atoms with Gasteiger partial charge >= 0.3 is 6.11 Å². The summed E-state index contributed by atoms with van der Waals surface area (Å²) in [5, 5.41) is 0. The predicted molar refractivity (Wildman–Crippen MR) is 111 cm³/mol. The summed E-state index contributed by atoms with van der Waals surface area (Å²) in [7, 11) is 0. The summed E-state index contributed by atoms with van der Waals surface area (Å²) in [4.78, 5) is 0. The molecule has 0 aromatic rings. The van der Waals surface area contributed by atoms with E-state index in [-0.39, 0.29) is 19.4 Å². The van der Waals surface area contributed by atoms with Gasteiger partial charge in [-0.3, -0.25) is 4.39 Å². The van der Waals surface area contributed by atoms with E-state index in [1.54, 1.807) is 6.08 Å². The Morgan fingerprint density at radius 1 is 0.964 bits per heavy atom. The highest BCUT2D eigenvalue weighted by Gasteiger charge is 2.58. The molecule has 1 unspecified atom stereocenters. The van der Waals surface area contributed by atoms with Gasteiger partial charge in [0, 0.05) is 6.42 Å². The van der Waals surface area contributed by atoms with Gasteiger partial charge < -0.3 is 9.47 Å². The lowest BCUT2D eigenvalue weighted by molar-refractivity contribution is -0.324. The van der Waals surface area contributed by atoms with E-state index in [4.69, 9.17) is 9.47 Å². The Labute approximate surface area is 169 Å². The zero-order chi connectivity index (χ0) is 21.5. The van der Waals surface area contributed by atoms with Crippen LogP contribution in [0, 0.1) is 0 Å². The standard InChI is InChI=1S/C23H39F3O2/c1-6-9-12-13-17-22(20(4)15-10-7-2,28-21(5)16-11-8-3)23(25,26)27-19-14-18-24/h6H,1,4-5,7-19H2,2-3H3. The molecule has 0 aliphatic heterocycles. The van der Waals surface area contributed by atoms with Gasteiger partial charge in [0.25, 0.3) is 0 Å². The number of hydrogen-bond donors (Lipinski definition) is 0. The smallest absolute Gasteiger partial charge is 0.399 e. The number of rotatable bonds is 19. The monoisotopic (exact) mass is 404 g/mol. The van der Waals surface area contributed by atoms with E-state index in [1.165, 1.54) is 0 Å². The first-order valence-electron chi connectivity index (χ1n) is 10.5. The molecule has 0 aromatic heterocycles. The van der Waals surface area contributed by atoms with Crippen LogP contribution in [0.25, 0.3) is 0 Å². The quantitative estimate of drug-likeness (QED) is 0.124. The lowest BCUT2D eigenvalue weighted by atomic mass is 9.84. The van der Waals surface area contributed by atoms with Crippen LogP contribution in [0.5, 0.6) is 0 Å². The van der Waals surface area contributed by atoms with Gasteiger partial charge in [0.15, 0.2) is 0 Å². The molecule has 0 bridgehead atoms. The topological polar surface area (TPSA) is 18.5 Å².